The number of aromatic hydroxyl groups is 1. The third-order valence-electron chi connectivity index (χ3n) is 4.36. The normalized spacial score (nSPS) is 11.4. The van der Waals surface area contributed by atoms with E-state index < -0.39 is 0 Å². The van der Waals surface area contributed by atoms with Crippen molar-refractivity contribution in [1.29, 1.82) is 0 Å². The van der Waals surface area contributed by atoms with Crippen LogP contribution in [-0.4, -0.2) is 31.2 Å². The molecule has 2 N–H and O–H groups in total. The molecule has 4 rings (SSSR count). The van der Waals surface area contributed by atoms with E-state index in [1.165, 1.54) is 0 Å². The van der Waals surface area contributed by atoms with Crippen LogP contribution in [0.1, 0.15) is 25.5 Å². The minimum atomic E-state index is 0.235. The molecule has 0 fully saturated rings. The number of nitrogens with one attached hydrogen (secondary N) is 1. The molecule has 0 aliphatic carbocycles. The summed E-state index contributed by atoms with van der Waals surface area (Å²) < 4.78 is 7.50. The Kier molecular flexibility index (Phi) is 4.50. The summed E-state index contributed by atoms with van der Waals surface area (Å²) in [6, 6.07) is 11.1. The summed E-state index contributed by atoms with van der Waals surface area (Å²) >= 11 is 0. The molecule has 3 heterocycles. The minimum Gasteiger partial charge on any atom is -0.508 e. The van der Waals surface area contributed by atoms with Crippen molar-refractivity contribution in [1.82, 2.24) is 19.5 Å². The fraction of sp³-hybridized carbons (Fsp3) is 0.250. The lowest BCUT2D eigenvalue weighted by Crippen LogP contribution is -2.09. The van der Waals surface area contributed by atoms with Gasteiger partial charge in [-0.2, -0.15) is 0 Å². The first-order valence-corrected chi connectivity index (χ1v) is 8.92. The molecule has 0 spiro atoms. The van der Waals surface area contributed by atoms with Crippen LogP contribution in [0.3, 0.4) is 0 Å². The number of phenols is 1. The van der Waals surface area contributed by atoms with E-state index in [9.17, 15) is 5.11 Å². The monoisotopic (exact) mass is 363 g/mol. The summed E-state index contributed by atoms with van der Waals surface area (Å²) in [6.45, 7) is 4.87. The van der Waals surface area contributed by atoms with Gasteiger partial charge in [-0.05, 0) is 50.1 Å². The fourth-order valence-corrected chi connectivity index (χ4v) is 2.92. The Morgan fingerprint density at radius 3 is 2.67 bits per heavy atom. The molecule has 0 saturated heterocycles. The average molecular weight is 363 g/mol. The first-order chi connectivity index (χ1) is 13.1. The van der Waals surface area contributed by atoms with Crippen molar-refractivity contribution in [2.24, 2.45) is 0 Å². The second-order valence-corrected chi connectivity index (χ2v) is 6.63. The zero-order chi connectivity index (χ0) is 18.8. The Labute approximate surface area is 156 Å². The van der Waals surface area contributed by atoms with E-state index >= 15 is 0 Å². The maximum Gasteiger partial charge on any atom is 0.199 e. The number of furan rings is 1. The Bertz CT molecular complexity index is 1040. The van der Waals surface area contributed by atoms with Crippen LogP contribution in [0.5, 0.6) is 5.75 Å². The highest BCUT2D eigenvalue weighted by Crippen LogP contribution is 2.26. The lowest BCUT2D eigenvalue weighted by Gasteiger charge is -2.10. The van der Waals surface area contributed by atoms with Crippen LogP contribution in [0.2, 0.25) is 0 Å². The molecule has 7 nitrogen and oxygen atoms in total. The van der Waals surface area contributed by atoms with Crippen molar-refractivity contribution < 1.29 is 9.52 Å². The smallest absolute Gasteiger partial charge is 0.199 e. The van der Waals surface area contributed by atoms with Crippen LogP contribution in [-0.2, 0) is 6.42 Å². The molecule has 0 radical (unpaired) electrons. The zero-order valence-electron chi connectivity index (χ0n) is 15.3. The second kappa shape index (κ2) is 7.11. The average Bonchev–Trinajstić information content (AvgIpc) is 3.33. The summed E-state index contributed by atoms with van der Waals surface area (Å²) in [6.07, 6.45) is 4.20. The standard InChI is InChI=1S/C20H21N5O2/c1-13(2)25-12-22-17-19(21-10-9-14-5-7-15(26)8-6-14)23-18(24-20(17)25)16-4-3-11-27-16/h3-8,11-13,26H,9-10H2,1-2H3,(H,21,23,24). The third-order valence-corrected chi connectivity index (χ3v) is 4.36. The van der Waals surface area contributed by atoms with Gasteiger partial charge in [-0.3, -0.25) is 0 Å². The molecule has 0 atom stereocenters. The molecule has 0 bridgehead atoms. The lowest BCUT2D eigenvalue weighted by atomic mass is 10.1. The second-order valence-electron chi connectivity index (χ2n) is 6.63. The summed E-state index contributed by atoms with van der Waals surface area (Å²) in [5.41, 5.74) is 2.65. The fourth-order valence-electron chi connectivity index (χ4n) is 2.92. The van der Waals surface area contributed by atoms with Gasteiger partial charge in [0.15, 0.2) is 23.0 Å². The van der Waals surface area contributed by atoms with Crippen molar-refractivity contribution in [3.63, 3.8) is 0 Å². The molecule has 7 heteroatoms. The highest BCUT2D eigenvalue weighted by Gasteiger charge is 2.16. The van der Waals surface area contributed by atoms with Gasteiger partial charge in [0.2, 0.25) is 0 Å². The highest BCUT2D eigenvalue weighted by atomic mass is 16.3. The van der Waals surface area contributed by atoms with Gasteiger partial charge < -0.3 is 19.4 Å². The van der Waals surface area contributed by atoms with E-state index in [0.29, 0.717) is 23.9 Å². The Balaban J connectivity index is 1.65. The van der Waals surface area contributed by atoms with Crippen LogP contribution >= 0.6 is 0 Å². The number of anilines is 1. The molecule has 0 aliphatic heterocycles. The molecule has 0 unspecified atom stereocenters. The molecule has 1 aromatic carbocycles. The summed E-state index contributed by atoms with van der Waals surface area (Å²) in [7, 11) is 0. The summed E-state index contributed by atoms with van der Waals surface area (Å²) in [5, 5.41) is 12.8. The number of benzene rings is 1. The molecule has 0 amide bonds. The number of fused-ring (bicyclic) bond motifs is 1. The number of rotatable bonds is 6. The molecule has 27 heavy (non-hydrogen) atoms. The van der Waals surface area contributed by atoms with Gasteiger partial charge in [-0.15, -0.1) is 0 Å². The zero-order valence-corrected chi connectivity index (χ0v) is 15.3. The van der Waals surface area contributed by atoms with Gasteiger partial charge >= 0.3 is 0 Å². The number of nitrogens with zero attached hydrogens (tertiary/aromatic N) is 4. The first kappa shape index (κ1) is 17.1. The van der Waals surface area contributed by atoms with Gasteiger partial charge in [0.25, 0.3) is 0 Å². The molecule has 0 saturated carbocycles. The predicted molar refractivity (Wildman–Crippen MR) is 104 cm³/mol. The van der Waals surface area contributed by atoms with Crippen LogP contribution in [0, 0.1) is 0 Å². The number of hydrogen-bond acceptors (Lipinski definition) is 6. The third kappa shape index (κ3) is 3.48. The Morgan fingerprint density at radius 2 is 1.96 bits per heavy atom. The van der Waals surface area contributed by atoms with Crippen LogP contribution in [0.25, 0.3) is 22.7 Å². The maximum atomic E-state index is 9.39. The van der Waals surface area contributed by atoms with Crippen molar-refractivity contribution in [2.45, 2.75) is 26.3 Å². The SMILES string of the molecule is CC(C)n1cnc2c(NCCc3ccc(O)cc3)nc(-c3ccco3)nc21. The minimum absolute atomic E-state index is 0.235. The van der Waals surface area contributed by atoms with E-state index in [1.54, 1.807) is 24.7 Å². The molecule has 3 aromatic heterocycles. The van der Waals surface area contributed by atoms with E-state index in [1.807, 2.05) is 28.8 Å². The first-order valence-electron chi connectivity index (χ1n) is 8.92. The maximum absolute atomic E-state index is 9.39. The van der Waals surface area contributed by atoms with Crippen LogP contribution < -0.4 is 5.32 Å². The number of phenolic OH excluding ortho intramolecular Hbond substituents is 1. The summed E-state index contributed by atoms with van der Waals surface area (Å²) in [5.74, 6) is 2.10. The quantitative estimate of drug-likeness (QED) is 0.538. The van der Waals surface area contributed by atoms with E-state index in [2.05, 4.69) is 34.1 Å². The van der Waals surface area contributed by atoms with Gasteiger partial charge in [-0.1, -0.05) is 12.1 Å². The highest BCUT2D eigenvalue weighted by molar-refractivity contribution is 5.84. The van der Waals surface area contributed by atoms with Crippen molar-refractivity contribution in [3.8, 4) is 17.3 Å². The Morgan fingerprint density at radius 1 is 1.15 bits per heavy atom. The van der Waals surface area contributed by atoms with Crippen molar-refractivity contribution in [3.05, 3.63) is 54.6 Å². The molecule has 4 aromatic rings. The molecule has 0 aliphatic rings. The topological polar surface area (TPSA) is 89.0 Å². The Hall–Kier alpha value is -3.35. The van der Waals surface area contributed by atoms with E-state index in [4.69, 9.17) is 4.42 Å². The largest absolute Gasteiger partial charge is 0.508 e. The van der Waals surface area contributed by atoms with Crippen molar-refractivity contribution in [2.75, 3.05) is 11.9 Å². The van der Waals surface area contributed by atoms with Crippen LogP contribution in [0.4, 0.5) is 5.82 Å². The molecular weight excluding hydrogens is 342 g/mol. The molecule has 138 valence electrons. The van der Waals surface area contributed by atoms with Gasteiger partial charge in [0.05, 0.1) is 12.6 Å². The number of imidazole rings is 1. The summed E-state index contributed by atoms with van der Waals surface area (Å²) in [4.78, 5) is 13.8. The van der Waals surface area contributed by atoms with Crippen molar-refractivity contribution >= 4 is 17.0 Å². The van der Waals surface area contributed by atoms with Gasteiger partial charge in [0.1, 0.15) is 11.3 Å². The number of hydrogen-bond donors (Lipinski definition) is 2. The molecular formula is C20H21N5O2. The van der Waals surface area contributed by atoms with E-state index in [0.717, 1.165) is 23.1 Å². The van der Waals surface area contributed by atoms with Crippen LogP contribution in [0.15, 0.2) is 53.4 Å². The van der Waals surface area contributed by atoms with Gasteiger partial charge in [0, 0.05) is 12.6 Å². The number of aromatic nitrogens is 4. The van der Waals surface area contributed by atoms with E-state index in [-0.39, 0.29) is 11.8 Å². The lowest BCUT2D eigenvalue weighted by molar-refractivity contribution is 0.475. The van der Waals surface area contributed by atoms with Gasteiger partial charge in [-0.25, -0.2) is 15.0 Å². The predicted octanol–water partition coefficient (Wildman–Crippen LogP) is 4.03.